The number of halogens is 1. The number of hydrogen-bond donors (Lipinski definition) is 1. The molecule has 1 heterocycles. The minimum absolute atomic E-state index is 0.0459. The van der Waals surface area contributed by atoms with Gasteiger partial charge in [-0.05, 0) is 31.2 Å². The summed E-state index contributed by atoms with van der Waals surface area (Å²) in [4.78, 5) is 33.3. The molecule has 0 saturated heterocycles. The van der Waals surface area contributed by atoms with Crippen molar-refractivity contribution >= 4 is 34.6 Å². The molecule has 0 unspecified atom stereocenters. The molecule has 3 aromatic rings. The van der Waals surface area contributed by atoms with Crippen LogP contribution in [0.4, 0.5) is 17.1 Å². The SMILES string of the molecule is Cc1c([N+](=O)[O-])cnn1CCC(=O)Nc1cc(Oc2ccc(Cl)cc2)cc([N+](=O)[O-])c1. The molecule has 0 spiro atoms. The summed E-state index contributed by atoms with van der Waals surface area (Å²) in [7, 11) is 0. The molecule has 0 aliphatic rings. The van der Waals surface area contributed by atoms with Crippen LogP contribution in [0.25, 0.3) is 0 Å². The van der Waals surface area contributed by atoms with Crippen LogP contribution < -0.4 is 10.1 Å². The quantitative estimate of drug-likeness (QED) is 0.397. The average Bonchev–Trinajstić information content (AvgIpc) is 3.08. The molecule has 31 heavy (non-hydrogen) atoms. The van der Waals surface area contributed by atoms with Crippen LogP contribution in [0, 0.1) is 27.2 Å². The van der Waals surface area contributed by atoms with Crippen molar-refractivity contribution in [2.75, 3.05) is 5.32 Å². The minimum Gasteiger partial charge on any atom is -0.457 e. The fourth-order valence-electron chi connectivity index (χ4n) is 2.73. The van der Waals surface area contributed by atoms with E-state index in [1.54, 1.807) is 24.3 Å². The number of nitro benzene ring substituents is 1. The van der Waals surface area contributed by atoms with Gasteiger partial charge in [0.05, 0.1) is 28.1 Å². The molecule has 0 bridgehead atoms. The highest BCUT2D eigenvalue weighted by Gasteiger charge is 2.17. The number of carbonyl (C=O) groups is 1. The third kappa shape index (κ3) is 5.54. The summed E-state index contributed by atoms with van der Waals surface area (Å²) in [6.07, 6.45) is 1.07. The number of rotatable bonds is 8. The van der Waals surface area contributed by atoms with Gasteiger partial charge in [-0.15, -0.1) is 0 Å². The van der Waals surface area contributed by atoms with Gasteiger partial charge in [0.25, 0.3) is 5.69 Å². The lowest BCUT2D eigenvalue weighted by atomic mass is 10.2. The first kappa shape index (κ1) is 21.7. The Morgan fingerprint density at radius 2 is 1.84 bits per heavy atom. The Morgan fingerprint density at radius 3 is 2.45 bits per heavy atom. The second kappa shape index (κ2) is 9.22. The number of nitro groups is 2. The number of carbonyl (C=O) groups excluding carboxylic acids is 1. The first-order valence-corrected chi connectivity index (χ1v) is 9.30. The topological polar surface area (TPSA) is 142 Å². The van der Waals surface area contributed by atoms with E-state index in [2.05, 4.69) is 10.4 Å². The summed E-state index contributed by atoms with van der Waals surface area (Å²) in [5.74, 6) is 0.124. The largest absolute Gasteiger partial charge is 0.457 e. The van der Waals surface area contributed by atoms with Crippen molar-refractivity contribution < 1.29 is 19.4 Å². The second-order valence-electron chi connectivity index (χ2n) is 6.42. The number of amides is 1. The molecule has 0 fully saturated rings. The van der Waals surface area contributed by atoms with Crippen LogP contribution >= 0.6 is 11.6 Å². The molecule has 0 atom stereocenters. The van der Waals surface area contributed by atoms with Crippen LogP contribution in [0.5, 0.6) is 11.5 Å². The fourth-order valence-corrected chi connectivity index (χ4v) is 2.86. The molecular weight excluding hydrogens is 430 g/mol. The molecule has 3 rings (SSSR count). The number of benzene rings is 2. The number of anilines is 1. The maximum absolute atomic E-state index is 12.3. The molecule has 0 saturated carbocycles. The number of ether oxygens (including phenoxy) is 1. The maximum atomic E-state index is 12.3. The Labute approximate surface area is 180 Å². The Kier molecular flexibility index (Phi) is 6.46. The third-order valence-electron chi connectivity index (χ3n) is 4.26. The molecule has 11 nitrogen and oxygen atoms in total. The zero-order valence-corrected chi connectivity index (χ0v) is 16.9. The van der Waals surface area contributed by atoms with E-state index in [1.807, 2.05) is 0 Å². The van der Waals surface area contributed by atoms with E-state index in [0.29, 0.717) is 16.5 Å². The Balaban J connectivity index is 1.71. The fraction of sp³-hybridized carbons (Fsp3) is 0.158. The highest BCUT2D eigenvalue weighted by Crippen LogP contribution is 2.30. The molecule has 0 aliphatic heterocycles. The van der Waals surface area contributed by atoms with Crippen molar-refractivity contribution in [3.63, 3.8) is 0 Å². The van der Waals surface area contributed by atoms with Gasteiger partial charge in [0, 0.05) is 23.6 Å². The average molecular weight is 446 g/mol. The number of hydrogen-bond acceptors (Lipinski definition) is 7. The predicted molar refractivity (Wildman–Crippen MR) is 111 cm³/mol. The van der Waals surface area contributed by atoms with Crippen LogP contribution in [0.15, 0.2) is 48.7 Å². The van der Waals surface area contributed by atoms with Crippen LogP contribution in [-0.4, -0.2) is 25.5 Å². The summed E-state index contributed by atoms with van der Waals surface area (Å²) in [5, 5.41) is 29.1. The highest BCUT2D eigenvalue weighted by atomic mass is 35.5. The smallest absolute Gasteiger partial charge is 0.309 e. The van der Waals surface area contributed by atoms with Crippen molar-refractivity contribution in [3.8, 4) is 11.5 Å². The normalized spacial score (nSPS) is 10.5. The van der Waals surface area contributed by atoms with Crippen LogP contribution in [-0.2, 0) is 11.3 Å². The Hall–Kier alpha value is -3.99. The van der Waals surface area contributed by atoms with Crippen molar-refractivity contribution in [2.45, 2.75) is 19.9 Å². The van der Waals surface area contributed by atoms with Crippen molar-refractivity contribution in [3.05, 3.63) is 79.6 Å². The Morgan fingerprint density at radius 1 is 1.13 bits per heavy atom. The first-order valence-electron chi connectivity index (χ1n) is 8.92. The standard InChI is InChI=1S/C19H16ClN5O6/c1-12-18(25(29)30)11-21-23(12)7-6-19(26)22-14-8-15(24(27)28)10-17(9-14)31-16-4-2-13(20)3-5-16/h2-5,8-11H,6-7H2,1H3,(H,22,26). The van der Waals surface area contributed by atoms with Gasteiger partial charge in [-0.1, -0.05) is 11.6 Å². The van der Waals surface area contributed by atoms with E-state index in [-0.39, 0.29) is 35.8 Å². The highest BCUT2D eigenvalue weighted by molar-refractivity contribution is 6.30. The molecule has 12 heteroatoms. The number of aromatic nitrogens is 2. The molecule has 1 aromatic heterocycles. The van der Waals surface area contributed by atoms with E-state index < -0.39 is 15.8 Å². The summed E-state index contributed by atoms with van der Waals surface area (Å²) >= 11 is 5.83. The van der Waals surface area contributed by atoms with Gasteiger partial charge in [0.2, 0.25) is 5.91 Å². The van der Waals surface area contributed by atoms with Gasteiger partial charge in [-0.3, -0.25) is 29.7 Å². The predicted octanol–water partition coefficient (Wildman–Crippen LogP) is 4.48. The van der Waals surface area contributed by atoms with Gasteiger partial charge in [0.1, 0.15) is 23.4 Å². The molecule has 1 N–H and O–H groups in total. The summed E-state index contributed by atoms with van der Waals surface area (Å²) in [6, 6.07) is 10.3. The van der Waals surface area contributed by atoms with E-state index in [1.165, 1.54) is 29.8 Å². The zero-order valence-electron chi connectivity index (χ0n) is 16.1. The third-order valence-corrected chi connectivity index (χ3v) is 4.51. The number of non-ortho nitro benzene ring substituents is 1. The maximum Gasteiger partial charge on any atom is 0.309 e. The molecule has 0 radical (unpaired) electrons. The lowest BCUT2D eigenvalue weighted by Gasteiger charge is -2.10. The first-order chi connectivity index (χ1) is 14.7. The molecule has 1 amide bonds. The van der Waals surface area contributed by atoms with Gasteiger partial charge < -0.3 is 10.1 Å². The van der Waals surface area contributed by atoms with E-state index in [9.17, 15) is 25.0 Å². The minimum atomic E-state index is -0.601. The van der Waals surface area contributed by atoms with E-state index in [0.717, 1.165) is 6.20 Å². The lowest BCUT2D eigenvalue weighted by molar-refractivity contribution is -0.385. The number of nitrogens with one attached hydrogen (secondary N) is 1. The van der Waals surface area contributed by atoms with Crippen LogP contribution in [0.1, 0.15) is 12.1 Å². The number of aryl methyl sites for hydroxylation is 1. The summed E-state index contributed by atoms with van der Waals surface area (Å²) < 4.78 is 6.97. The van der Waals surface area contributed by atoms with E-state index in [4.69, 9.17) is 16.3 Å². The Bertz CT molecular complexity index is 1150. The molecule has 2 aromatic carbocycles. The van der Waals surface area contributed by atoms with Crippen LogP contribution in [0.3, 0.4) is 0 Å². The molecule has 0 aliphatic carbocycles. The number of nitrogens with zero attached hydrogens (tertiary/aromatic N) is 4. The second-order valence-corrected chi connectivity index (χ2v) is 6.86. The van der Waals surface area contributed by atoms with E-state index >= 15 is 0 Å². The van der Waals surface area contributed by atoms with Crippen molar-refractivity contribution in [2.24, 2.45) is 0 Å². The zero-order chi connectivity index (χ0) is 22.5. The van der Waals surface area contributed by atoms with Gasteiger partial charge in [-0.2, -0.15) is 5.10 Å². The monoisotopic (exact) mass is 445 g/mol. The van der Waals surface area contributed by atoms with Gasteiger partial charge in [-0.25, -0.2) is 0 Å². The van der Waals surface area contributed by atoms with Gasteiger partial charge in [0.15, 0.2) is 0 Å². The summed E-state index contributed by atoms with van der Waals surface area (Å²) in [6.45, 7) is 1.64. The van der Waals surface area contributed by atoms with Crippen LogP contribution in [0.2, 0.25) is 5.02 Å². The van der Waals surface area contributed by atoms with Crippen molar-refractivity contribution in [1.82, 2.24) is 9.78 Å². The van der Waals surface area contributed by atoms with Crippen molar-refractivity contribution in [1.29, 1.82) is 0 Å². The molecule has 160 valence electrons. The molecular formula is C19H16ClN5O6. The van der Waals surface area contributed by atoms with Gasteiger partial charge >= 0.3 is 5.69 Å². The summed E-state index contributed by atoms with van der Waals surface area (Å²) in [5.41, 5.74) is 0.0986. The lowest BCUT2D eigenvalue weighted by Crippen LogP contribution is -2.15.